The van der Waals surface area contributed by atoms with Crippen LogP contribution in [-0.4, -0.2) is 0 Å². The van der Waals surface area contributed by atoms with E-state index in [1.807, 2.05) is 19.1 Å². The van der Waals surface area contributed by atoms with E-state index in [2.05, 4.69) is 31.9 Å². The Kier molecular flexibility index (Phi) is 5.16. The molecule has 2 aromatic rings. The molecule has 0 radical (unpaired) electrons. The molecule has 0 atom stereocenters. The predicted octanol–water partition coefficient (Wildman–Crippen LogP) is 5.51. The topological polar surface area (TPSA) is 9.23 Å². The molecule has 0 aliphatic carbocycles. The molecule has 0 N–H and O–H groups in total. The largest absolute Gasteiger partial charge is 0.488 e. The lowest BCUT2D eigenvalue weighted by Crippen LogP contribution is -2.03. The third kappa shape index (κ3) is 3.38. The van der Waals surface area contributed by atoms with Crippen molar-refractivity contribution >= 4 is 31.9 Å². The lowest BCUT2D eigenvalue weighted by molar-refractivity contribution is 0.293. The minimum atomic E-state index is -0.862. The molecule has 0 saturated heterocycles. The van der Waals surface area contributed by atoms with Crippen LogP contribution in [0, 0.1) is 18.6 Å². The maximum Gasteiger partial charge on any atom is 0.165 e. The van der Waals surface area contributed by atoms with Gasteiger partial charge < -0.3 is 4.74 Å². The molecule has 0 spiro atoms. The summed E-state index contributed by atoms with van der Waals surface area (Å²) >= 11 is 6.81. The molecule has 0 amide bonds. The van der Waals surface area contributed by atoms with E-state index >= 15 is 0 Å². The monoisotopic (exact) mass is 404 g/mol. The van der Waals surface area contributed by atoms with Crippen LogP contribution in [0.4, 0.5) is 8.78 Å². The van der Waals surface area contributed by atoms with Crippen molar-refractivity contribution in [3.63, 3.8) is 0 Å². The second-order valence-electron chi connectivity index (χ2n) is 4.35. The summed E-state index contributed by atoms with van der Waals surface area (Å²) in [5.74, 6) is -1.03. The highest BCUT2D eigenvalue weighted by atomic mass is 79.9. The minimum absolute atomic E-state index is 0.00787. The number of alkyl halides is 1. The van der Waals surface area contributed by atoms with Crippen LogP contribution < -0.4 is 4.74 Å². The van der Waals surface area contributed by atoms with Gasteiger partial charge >= 0.3 is 0 Å². The standard InChI is InChI=1S/C15H12Br2F2O/c1-9-5-12(17)6-11(7-16)15(9)20-8-10-3-2-4-13(18)14(10)19/h2-6H,7-8H2,1H3. The molecule has 5 heteroatoms. The number of ether oxygens (including phenoxy) is 1. The van der Waals surface area contributed by atoms with Crippen LogP contribution in [0.15, 0.2) is 34.8 Å². The summed E-state index contributed by atoms with van der Waals surface area (Å²) in [7, 11) is 0. The van der Waals surface area contributed by atoms with Gasteiger partial charge in [-0.15, -0.1) is 0 Å². The molecule has 0 unspecified atom stereocenters. The Balaban J connectivity index is 2.25. The van der Waals surface area contributed by atoms with E-state index in [1.165, 1.54) is 12.1 Å². The average molecular weight is 406 g/mol. The SMILES string of the molecule is Cc1cc(Br)cc(CBr)c1OCc1cccc(F)c1F. The third-order valence-corrected chi connectivity index (χ3v) is 3.93. The Labute approximate surface area is 133 Å². The van der Waals surface area contributed by atoms with Gasteiger partial charge in [0.05, 0.1) is 0 Å². The molecule has 2 rings (SSSR count). The van der Waals surface area contributed by atoms with E-state index in [0.717, 1.165) is 21.7 Å². The number of hydrogen-bond donors (Lipinski definition) is 0. The molecule has 20 heavy (non-hydrogen) atoms. The van der Waals surface area contributed by atoms with E-state index < -0.39 is 11.6 Å². The van der Waals surface area contributed by atoms with Crippen molar-refractivity contribution in [1.82, 2.24) is 0 Å². The molecule has 2 aromatic carbocycles. The Bertz CT molecular complexity index is 630. The fraction of sp³-hybridized carbons (Fsp3) is 0.200. The van der Waals surface area contributed by atoms with Crippen LogP contribution in [0.1, 0.15) is 16.7 Å². The maximum atomic E-state index is 13.6. The van der Waals surface area contributed by atoms with Gasteiger partial charge in [-0.25, -0.2) is 8.78 Å². The number of aryl methyl sites for hydroxylation is 1. The number of halogens is 4. The molecular weight excluding hydrogens is 394 g/mol. The van der Waals surface area contributed by atoms with E-state index in [0.29, 0.717) is 11.1 Å². The third-order valence-electron chi connectivity index (χ3n) is 2.86. The van der Waals surface area contributed by atoms with Gasteiger partial charge in [0.15, 0.2) is 11.6 Å². The van der Waals surface area contributed by atoms with Gasteiger partial charge in [0.2, 0.25) is 0 Å². The molecule has 0 aliphatic rings. The van der Waals surface area contributed by atoms with E-state index in [9.17, 15) is 8.78 Å². The van der Waals surface area contributed by atoms with Gasteiger partial charge in [0.1, 0.15) is 12.4 Å². The quantitative estimate of drug-likeness (QED) is 0.609. The molecule has 106 valence electrons. The van der Waals surface area contributed by atoms with Crippen LogP contribution in [-0.2, 0) is 11.9 Å². The second-order valence-corrected chi connectivity index (χ2v) is 5.82. The van der Waals surface area contributed by atoms with Crippen LogP contribution in [0.2, 0.25) is 0 Å². The Morgan fingerprint density at radius 1 is 1.15 bits per heavy atom. The van der Waals surface area contributed by atoms with E-state index in [-0.39, 0.29) is 12.2 Å². The summed E-state index contributed by atoms with van der Waals surface area (Å²) in [5, 5.41) is 0.619. The summed E-state index contributed by atoms with van der Waals surface area (Å²) in [4.78, 5) is 0. The summed E-state index contributed by atoms with van der Waals surface area (Å²) < 4.78 is 33.3. The van der Waals surface area contributed by atoms with Gasteiger partial charge in [-0.3, -0.25) is 0 Å². The van der Waals surface area contributed by atoms with Crippen molar-refractivity contribution in [3.05, 3.63) is 63.1 Å². The van der Waals surface area contributed by atoms with Crippen LogP contribution in [0.3, 0.4) is 0 Å². The highest BCUT2D eigenvalue weighted by Crippen LogP contribution is 2.30. The zero-order chi connectivity index (χ0) is 14.7. The van der Waals surface area contributed by atoms with Crippen molar-refractivity contribution in [3.8, 4) is 5.75 Å². The Hall–Kier alpha value is -0.940. The molecule has 0 heterocycles. The smallest absolute Gasteiger partial charge is 0.165 e. The molecule has 0 aliphatic heterocycles. The summed E-state index contributed by atoms with van der Waals surface area (Å²) in [6.07, 6.45) is 0. The zero-order valence-electron chi connectivity index (χ0n) is 10.7. The van der Waals surface area contributed by atoms with Crippen LogP contribution >= 0.6 is 31.9 Å². The first-order valence-electron chi connectivity index (χ1n) is 5.93. The van der Waals surface area contributed by atoms with E-state index in [1.54, 1.807) is 0 Å². The number of benzene rings is 2. The first-order valence-corrected chi connectivity index (χ1v) is 7.85. The molecule has 0 bridgehead atoms. The first kappa shape index (κ1) is 15.4. The van der Waals surface area contributed by atoms with Gasteiger partial charge in [-0.2, -0.15) is 0 Å². The lowest BCUT2D eigenvalue weighted by atomic mass is 10.1. The molecule has 0 aromatic heterocycles. The predicted molar refractivity (Wildman–Crippen MR) is 82.2 cm³/mol. The second kappa shape index (κ2) is 6.68. The van der Waals surface area contributed by atoms with Gasteiger partial charge in [0, 0.05) is 20.9 Å². The highest BCUT2D eigenvalue weighted by molar-refractivity contribution is 9.10. The summed E-state index contributed by atoms with van der Waals surface area (Å²) in [6, 6.07) is 7.92. The van der Waals surface area contributed by atoms with Gasteiger partial charge in [-0.05, 0) is 30.7 Å². The fourth-order valence-electron chi connectivity index (χ4n) is 1.91. The molecule has 1 nitrogen and oxygen atoms in total. The van der Waals surface area contributed by atoms with Crippen molar-refractivity contribution in [2.75, 3.05) is 0 Å². The summed E-state index contributed by atoms with van der Waals surface area (Å²) in [6.45, 7) is 1.90. The normalized spacial score (nSPS) is 10.7. The Morgan fingerprint density at radius 2 is 1.90 bits per heavy atom. The summed E-state index contributed by atoms with van der Waals surface area (Å²) in [5.41, 5.74) is 2.09. The number of rotatable bonds is 4. The molecule has 0 fully saturated rings. The van der Waals surface area contributed by atoms with Crippen molar-refractivity contribution in [2.24, 2.45) is 0 Å². The van der Waals surface area contributed by atoms with Crippen molar-refractivity contribution in [1.29, 1.82) is 0 Å². The zero-order valence-corrected chi connectivity index (χ0v) is 13.9. The maximum absolute atomic E-state index is 13.6. The first-order chi connectivity index (χ1) is 9.52. The molecular formula is C15H12Br2F2O. The van der Waals surface area contributed by atoms with Crippen molar-refractivity contribution in [2.45, 2.75) is 18.9 Å². The molecule has 0 saturated carbocycles. The van der Waals surface area contributed by atoms with Gasteiger partial charge in [0.25, 0.3) is 0 Å². The van der Waals surface area contributed by atoms with Crippen molar-refractivity contribution < 1.29 is 13.5 Å². The fourth-order valence-corrected chi connectivity index (χ4v) is 2.95. The van der Waals surface area contributed by atoms with Crippen LogP contribution in [0.5, 0.6) is 5.75 Å². The average Bonchev–Trinajstić information content (AvgIpc) is 2.41. The van der Waals surface area contributed by atoms with Crippen LogP contribution in [0.25, 0.3) is 0 Å². The highest BCUT2D eigenvalue weighted by Gasteiger charge is 2.12. The van der Waals surface area contributed by atoms with Gasteiger partial charge in [-0.1, -0.05) is 44.0 Å². The Morgan fingerprint density at radius 3 is 2.60 bits per heavy atom. The lowest BCUT2D eigenvalue weighted by Gasteiger charge is -2.14. The number of hydrogen-bond acceptors (Lipinski definition) is 1. The van der Waals surface area contributed by atoms with E-state index in [4.69, 9.17) is 4.74 Å². The minimum Gasteiger partial charge on any atom is -0.488 e.